The van der Waals surface area contributed by atoms with Gasteiger partial charge < -0.3 is 14.6 Å². The summed E-state index contributed by atoms with van der Waals surface area (Å²) >= 11 is 1.06. The molecule has 0 saturated heterocycles. The minimum absolute atomic E-state index is 0.0816. The molecule has 0 bridgehead atoms. The third kappa shape index (κ3) is 5.13. The Kier molecular flexibility index (Phi) is 5.09. The second kappa shape index (κ2) is 6.86. The predicted molar refractivity (Wildman–Crippen MR) is 79.7 cm³/mol. The van der Waals surface area contributed by atoms with Gasteiger partial charge >= 0.3 is 11.2 Å². The average molecular weight is 346 g/mol. The first-order valence-electron chi connectivity index (χ1n) is 6.55. The van der Waals surface area contributed by atoms with Gasteiger partial charge in [0, 0.05) is 29.7 Å². The van der Waals surface area contributed by atoms with Crippen molar-refractivity contribution in [2.45, 2.75) is 26.3 Å². The summed E-state index contributed by atoms with van der Waals surface area (Å²) in [4.78, 5) is 23.2. The van der Waals surface area contributed by atoms with Crippen LogP contribution in [-0.2, 0) is 11.3 Å². The first-order chi connectivity index (χ1) is 10.7. The van der Waals surface area contributed by atoms with Crippen molar-refractivity contribution < 1.29 is 22.7 Å². The Morgan fingerprint density at radius 1 is 1.30 bits per heavy atom. The standard InChI is InChI=1S/C14H13F3N2O3S/c1-9-8-23-13(21)19(9)7-6-12(20)18-10-2-4-11(5-3-10)22-14(15,16)17/h2-5,8H,6-7H2,1H3,(H,18,20). The van der Waals surface area contributed by atoms with Gasteiger partial charge in [-0.15, -0.1) is 13.2 Å². The van der Waals surface area contributed by atoms with Gasteiger partial charge in [-0.05, 0) is 31.2 Å². The second-order valence-electron chi connectivity index (χ2n) is 4.66. The van der Waals surface area contributed by atoms with Gasteiger partial charge in [0.15, 0.2) is 0 Å². The molecule has 23 heavy (non-hydrogen) atoms. The van der Waals surface area contributed by atoms with Gasteiger partial charge in [0.1, 0.15) is 5.75 Å². The van der Waals surface area contributed by atoms with Crippen LogP contribution in [0.25, 0.3) is 0 Å². The Morgan fingerprint density at radius 2 is 1.96 bits per heavy atom. The number of anilines is 1. The number of rotatable bonds is 5. The molecule has 0 spiro atoms. The summed E-state index contributed by atoms with van der Waals surface area (Å²) in [5.41, 5.74) is 1.13. The fourth-order valence-electron chi connectivity index (χ4n) is 1.85. The lowest BCUT2D eigenvalue weighted by Crippen LogP contribution is -2.20. The lowest BCUT2D eigenvalue weighted by Gasteiger charge is -2.10. The van der Waals surface area contributed by atoms with Crippen LogP contribution in [0.15, 0.2) is 34.4 Å². The molecule has 0 aliphatic heterocycles. The van der Waals surface area contributed by atoms with Crippen molar-refractivity contribution in [1.82, 2.24) is 4.57 Å². The topological polar surface area (TPSA) is 60.3 Å². The third-order valence-corrected chi connectivity index (χ3v) is 3.79. The molecule has 5 nitrogen and oxygen atoms in total. The number of thiazole rings is 1. The fraction of sp³-hybridized carbons (Fsp3) is 0.286. The number of amides is 1. The van der Waals surface area contributed by atoms with Gasteiger partial charge in [0.25, 0.3) is 0 Å². The molecule has 0 aliphatic rings. The van der Waals surface area contributed by atoms with E-state index in [0.29, 0.717) is 5.69 Å². The first-order valence-corrected chi connectivity index (χ1v) is 7.43. The van der Waals surface area contributed by atoms with Crippen molar-refractivity contribution in [2.24, 2.45) is 0 Å². The summed E-state index contributed by atoms with van der Waals surface area (Å²) in [6, 6.07) is 4.83. The molecule has 0 atom stereocenters. The summed E-state index contributed by atoms with van der Waals surface area (Å²) < 4.78 is 41.3. The summed E-state index contributed by atoms with van der Waals surface area (Å²) in [7, 11) is 0. The number of alkyl halides is 3. The van der Waals surface area contributed by atoms with E-state index in [1.54, 1.807) is 12.3 Å². The monoisotopic (exact) mass is 346 g/mol. The maximum absolute atomic E-state index is 12.0. The molecule has 1 aromatic heterocycles. The zero-order chi connectivity index (χ0) is 17.0. The van der Waals surface area contributed by atoms with E-state index in [1.807, 2.05) is 0 Å². The Morgan fingerprint density at radius 3 is 2.48 bits per heavy atom. The summed E-state index contributed by atoms with van der Waals surface area (Å²) in [5.74, 6) is -0.706. The van der Waals surface area contributed by atoms with Crippen LogP contribution in [0, 0.1) is 6.92 Å². The molecule has 0 radical (unpaired) electrons. The highest BCUT2D eigenvalue weighted by Gasteiger charge is 2.30. The van der Waals surface area contributed by atoms with E-state index in [0.717, 1.165) is 29.2 Å². The number of benzene rings is 1. The quantitative estimate of drug-likeness (QED) is 0.905. The molecule has 1 heterocycles. The smallest absolute Gasteiger partial charge is 0.406 e. The number of hydrogen-bond donors (Lipinski definition) is 1. The number of halogens is 3. The minimum atomic E-state index is -4.75. The van der Waals surface area contributed by atoms with E-state index in [9.17, 15) is 22.8 Å². The van der Waals surface area contributed by atoms with Gasteiger partial charge in [-0.1, -0.05) is 11.3 Å². The van der Waals surface area contributed by atoms with Crippen molar-refractivity contribution in [3.63, 3.8) is 0 Å². The van der Waals surface area contributed by atoms with E-state index in [4.69, 9.17) is 0 Å². The number of aromatic nitrogens is 1. The van der Waals surface area contributed by atoms with E-state index in [2.05, 4.69) is 10.1 Å². The zero-order valence-corrected chi connectivity index (χ0v) is 12.8. The highest BCUT2D eigenvalue weighted by Crippen LogP contribution is 2.23. The molecule has 0 aliphatic carbocycles. The van der Waals surface area contributed by atoms with Crippen molar-refractivity contribution >= 4 is 22.9 Å². The van der Waals surface area contributed by atoms with Crippen LogP contribution in [-0.4, -0.2) is 16.8 Å². The number of aryl methyl sites for hydroxylation is 1. The molecule has 0 fully saturated rings. The van der Waals surface area contributed by atoms with Crippen molar-refractivity contribution in [3.8, 4) is 5.75 Å². The lowest BCUT2D eigenvalue weighted by atomic mass is 10.3. The highest BCUT2D eigenvalue weighted by molar-refractivity contribution is 7.07. The molecule has 2 rings (SSSR count). The highest BCUT2D eigenvalue weighted by atomic mass is 32.1. The van der Waals surface area contributed by atoms with Gasteiger partial charge in [-0.2, -0.15) is 0 Å². The zero-order valence-electron chi connectivity index (χ0n) is 12.0. The van der Waals surface area contributed by atoms with Crippen molar-refractivity contribution in [2.75, 3.05) is 5.32 Å². The summed E-state index contributed by atoms with van der Waals surface area (Å²) in [6.45, 7) is 2.02. The maximum atomic E-state index is 12.0. The fourth-order valence-corrected chi connectivity index (χ4v) is 2.61. The molecule has 2 aromatic rings. The summed E-state index contributed by atoms with van der Waals surface area (Å²) in [5, 5.41) is 4.25. The molecule has 0 saturated carbocycles. The van der Waals surface area contributed by atoms with Crippen LogP contribution < -0.4 is 14.9 Å². The average Bonchev–Trinajstić information content (AvgIpc) is 2.76. The molecule has 1 amide bonds. The number of nitrogens with one attached hydrogen (secondary N) is 1. The molecular weight excluding hydrogens is 333 g/mol. The third-order valence-electron chi connectivity index (χ3n) is 2.91. The molecule has 0 unspecified atom stereocenters. The first kappa shape index (κ1) is 17.1. The number of carbonyl (C=O) groups excluding carboxylic acids is 1. The van der Waals surface area contributed by atoms with E-state index in [1.165, 1.54) is 16.7 Å². The van der Waals surface area contributed by atoms with Crippen LogP contribution in [0.5, 0.6) is 5.75 Å². The molecule has 124 valence electrons. The second-order valence-corrected chi connectivity index (χ2v) is 5.49. The molecular formula is C14H13F3N2O3S. The molecule has 1 N–H and O–H groups in total. The van der Waals surface area contributed by atoms with Crippen molar-refractivity contribution in [1.29, 1.82) is 0 Å². The van der Waals surface area contributed by atoms with E-state index >= 15 is 0 Å². The van der Waals surface area contributed by atoms with Crippen LogP contribution in [0.3, 0.4) is 0 Å². The Balaban J connectivity index is 1.89. The maximum Gasteiger partial charge on any atom is 0.573 e. The minimum Gasteiger partial charge on any atom is -0.406 e. The Bertz CT molecular complexity index is 735. The number of hydrogen-bond acceptors (Lipinski definition) is 4. The van der Waals surface area contributed by atoms with Crippen LogP contribution in [0.1, 0.15) is 12.1 Å². The molecule has 9 heteroatoms. The van der Waals surface area contributed by atoms with Gasteiger partial charge in [0.2, 0.25) is 5.91 Å². The molecule has 1 aromatic carbocycles. The van der Waals surface area contributed by atoms with Crippen LogP contribution in [0.4, 0.5) is 18.9 Å². The van der Waals surface area contributed by atoms with Gasteiger partial charge in [0.05, 0.1) is 0 Å². The van der Waals surface area contributed by atoms with E-state index in [-0.39, 0.29) is 29.5 Å². The van der Waals surface area contributed by atoms with E-state index < -0.39 is 6.36 Å². The van der Waals surface area contributed by atoms with Crippen LogP contribution in [0.2, 0.25) is 0 Å². The van der Waals surface area contributed by atoms with Gasteiger partial charge in [-0.3, -0.25) is 9.59 Å². The largest absolute Gasteiger partial charge is 0.573 e. The Hall–Kier alpha value is -2.29. The van der Waals surface area contributed by atoms with Gasteiger partial charge in [-0.25, -0.2) is 0 Å². The number of nitrogens with zero attached hydrogens (tertiary/aromatic N) is 1. The van der Waals surface area contributed by atoms with Crippen molar-refractivity contribution in [3.05, 3.63) is 45.0 Å². The predicted octanol–water partition coefficient (Wildman–Crippen LogP) is 3.15. The normalized spacial score (nSPS) is 11.3. The Labute approximate surface area is 133 Å². The summed E-state index contributed by atoms with van der Waals surface area (Å²) in [6.07, 6.45) is -4.67. The number of carbonyl (C=O) groups is 1. The number of ether oxygens (including phenoxy) is 1. The van der Waals surface area contributed by atoms with Crippen LogP contribution >= 0.6 is 11.3 Å². The lowest BCUT2D eigenvalue weighted by molar-refractivity contribution is -0.274. The SMILES string of the molecule is Cc1csc(=O)n1CCC(=O)Nc1ccc(OC(F)(F)F)cc1.